The predicted molar refractivity (Wildman–Crippen MR) is 67.8 cm³/mol. The van der Waals surface area contributed by atoms with E-state index in [4.69, 9.17) is 10.5 Å². The van der Waals surface area contributed by atoms with Gasteiger partial charge in [-0.15, -0.1) is 0 Å². The third-order valence-corrected chi connectivity index (χ3v) is 3.38. The molecule has 2 N–H and O–H groups in total. The summed E-state index contributed by atoms with van der Waals surface area (Å²) in [6.45, 7) is 1.45. The zero-order valence-electron chi connectivity index (χ0n) is 10.4. The highest BCUT2D eigenvalue weighted by Crippen LogP contribution is 2.26. The number of nitrogens with zero attached hydrogens (tertiary/aromatic N) is 1. The Kier molecular flexibility index (Phi) is 3.69. The third kappa shape index (κ3) is 2.55. The van der Waals surface area contributed by atoms with Crippen molar-refractivity contribution >= 4 is 17.3 Å². The van der Waals surface area contributed by atoms with Crippen LogP contribution < -0.4 is 10.6 Å². The molecule has 1 fully saturated rings. The normalized spacial score (nSPS) is 16.7. The quantitative estimate of drug-likeness (QED) is 0.644. The Bertz CT molecular complexity index is 443. The van der Waals surface area contributed by atoms with Gasteiger partial charge >= 0.3 is 5.97 Å². The van der Waals surface area contributed by atoms with Crippen LogP contribution in [-0.4, -0.2) is 26.2 Å². The first-order valence-electron chi connectivity index (χ1n) is 5.99. The predicted octanol–water partition coefficient (Wildman–Crippen LogP) is 1.80. The molecule has 0 atom stereocenters. The van der Waals surface area contributed by atoms with E-state index in [0.717, 1.165) is 31.6 Å². The summed E-state index contributed by atoms with van der Waals surface area (Å²) < 4.78 is 18.1. The van der Waals surface area contributed by atoms with Crippen LogP contribution in [0.1, 0.15) is 12.8 Å². The van der Waals surface area contributed by atoms with E-state index in [1.165, 1.54) is 13.2 Å². The summed E-state index contributed by atoms with van der Waals surface area (Å²) in [4.78, 5) is 13.4. The van der Waals surface area contributed by atoms with Gasteiger partial charge in [-0.25, -0.2) is 4.39 Å². The summed E-state index contributed by atoms with van der Waals surface area (Å²) in [6.07, 6.45) is 1.47. The molecule has 5 heteroatoms. The van der Waals surface area contributed by atoms with Gasteiger partial charge in [-0.05, 0) is 31.0 Å². The largest absolute Gasteiger partial charge is 0.469 e. The van der Waals surface area contributed by atoms with E-state index in [-0.39, 0.29) is 17.6 Å². The molecule has 2 rings (SSSR count). The highest BCUT2D eigenvalue weighted by Gasteiger charge is 2.25. The lowest BCUT2D eigenvalue weighted by atomic mass is 9.96. The molecule has 0 spiro atoms. The number of benzene rings is 1. The second-order valence-corrected chi connectivity index (χ2v) is 4.49. The standard InChI is InChI=1S/C13H17FN2O2/c1-18-13(17)9-4-6-16(7-5-9)10-2-3-12(15)11(14)8-10/h2-3,8-9H,4-7,15H2,1H3. The Balaban J connectivity index is 2.01. The van der Waals surface area contributed by atoms with Gasteiger partial charge in [0.1, 0.15) is 5.82 Å². The monoisotopic (exact) mass is 252 g/mol. The van der Waals surface area contributed by atoms with Crippen molar-refractivity contribution < 1.29 is 13.9 Å². The van der Waals surface area contributed by atoms with E-state index in [2.05, 4.69) is 4.90 Å². The zero-order valence-corrected chi connectivity index (χ0v) is 10.4. The summed E-state index contributed by atoms with van der Waals surface area (Å²) in [6, 6.07) is 4.81. The summed E-state index contributed by atoms with van der Waals surface area (Å²) in [7, 11) is 1.41. The topological polar surface area (TPSA) is 55.6 Å². The van der Waals surface area contributed by atoms with Crippen LogP contribution in [0.15, 0.2) is 18.2 Å². The number of nitrogen functional groups attached to an aromatic ring is 1. The molecule has 98 valence electrons. The molecule has 0 bridgehead atoms. The molecule has 1 aromatic carbocycles. The third-order valence-electron chi connectivity index (χ3n) is 3.38. The van der Waals surface area contributed by atoms with Crippen molar-refractivity contribution in [2.75, 3.05) is 30.8 Å². The number of nitrogens with two attached hydrogens (primary N) is 1. The molecule has 18 heavy (non-hydrogen) atoms. The molecule has 0 saturated carbocycles. The van der Waals surface area contributed by atoms with Crippen molar-refractivity contribution in [3.8, 4) is 0 Å². The Morgan fingerprint density at radius 3 is 2.67 bits per heavy atom. The van der Waals surface area contributed by atoms with Crippen molar-refractivity contribution in [3.05, 3.63) is 24.0 Å². The molecule has 1 aliphatic heterocycles. The highest BCUT2D eigenvalue weighted by atomic mass is 19.1. The summed E-state index contributed by atoms with van der Waals surface area (Å²) in [5.74, 6) is -0.592. The number of carbonyl (C=O) groups is 1. The Hall–Kier alpha value is -1.78. The summed E-state index contributed by atoms with van der Waals surface area (Å²) >= 11 is 0. The minimum absolute atomic E-state index is 0.0371. The molecule has 0 radical (unpaired) electrons. The summed E-state index contributed by atoms with van der Waals surface area (Å²) in [5.41, 5.74) is 6.41. The average Bonchev–Trinajstić information content (AvgIpc) is 2.41. The van der Waals surface area contributed by atoms with Crippen LogP contribution in [0.2, 0.25) is 0 Å². The van der Waals surface area contributed by atoms with Crippen LogP contribution in [-0.2, 0) is 9.53 Å². The first-order valence-corrected chi connectivity index (χ1v) is 5.99. The number of hydrogen-bond donors (Lipinski definition) is 1. The molecular formula is C13H17FN2O2. The summed E-state index contributed by atoms with van der Waals surface area (Å²) in [5, 5.41) is 0. The second kappa shape index (κ2) is 5.25. The van der Waals surface area contributed by atoms with Gasteiger partial charge in [0.05, 0.1) is 18.7 Å². The fourth-order valence-electron chi connectivity index (χ4n) is 2.25. The maximum atomic E-state index is 13.4. The van der Waals surface area contributed by atoms with Gasteiger partial charge in [0.25, 0.3) is 0 Å². The van der Waals surface area contributed by atoms with Gasteiger partial charge in [0.2, 0.25) is 0 Å². The van der Waals surface area contributed by atoms with Gasteiger partial charge in [0.15, 0.2) is 0 Å². The number of piperidine rings is 1. The van der Waals surface area contributed by atoms with Crippen molar-refractivity contribution in [1.82, 2.24) is 0 Å². The Morgan fingerprint density at radius 1 is 1.44 bits per heavy atom. The SMILES string of the molecule is COC(=O)C1CCN(c2ccc(N)c(F)c2)CC1. The molecule has 1 saturated heterocycles. The van der Waals surface area contributed by atoms with E-state index in [0.29, 0.717) is 0 Å². The van der Waals surface area contributed by atoms with Crippen LogP contribution in [0.3, 0.4) is 0 Å². The number of methoxy groups -OCH3 is 1. The maximum absolute atomic E-state index is 13.4. The van der Waals surface area contributed by atoms with E-state index in [9.17, 15) is 9.18 Å². The highest BCUT2D eigenvalue weighted by molar-refractivity contribution is 5.72. The fraction of sp³-hybridized carbons (Fsp3) is 0.462. The van der Waals surface area contributed by atoms with E-state index in [1.54, 1.807) is 12.1 Å². The fourth-order valence-corrected chi connectivity index (χ4v) is 2.25. The number of halogens is 1. The molecule has 1 aliphatic rings. The molecule has 0 aliphatic carbocycles. The lowest BCUT2D eigenvalue weighted by molar-refractivity contribution is -0.146. The number of rotatable bonds is 2. The van der Waals surface area contributed by atoms with Crippen molar-refractivity contribution in [2.45, 2.75) is 12.8 Å². The minimum atomic E-state index is -0.400. The average molecular weight is 252 g/mol. The van der Waals surface area contributed by atoms with Gasteiger partial charge in [-0.2, -0.15) is 0 Å². The van der Waals surface area contributed by atoms with E-state index >= 15 is 0 Å². The van der Waals surface area contributed by atoms with Crippen molar-refractivity contribution in [1.29, 1.82) is 0 Å². The molecule has 4 nitrogen and oxygen atoms in total. The van der Waals surface area contributed by atoms with Crippen LogP contribution in [0.25, 0.3) is 0 Å². The lowest BCUT2D eigenvalue weighted by Gasteiger charge is -2.32. The Labute approximate surface area is 106 Å². The van der Waals surface area contributed by atoms with E-state index < -0.39 is 5.82 Å². The zero-order chi connectivity index (χ0) is 13.1. The van der Waals surface area contributed by atoms with Gasteiger partial charge in [-0.3, -0.25) is 4.79 Å². The molecule has 0 amide bonds. The Morgan fingerprint density at radius 2 is 2.11 bits per heavy atom. The van der Waals surface area contributed by atoms with Crippen LogP contribution in [0.4, 0.5) is 15.8 Å². The number of hydrogen-bond acceptors (Lipinski definition) is 4. The van der Waals surface area contributed by atoms with Crippen molar-refractivity contribution in [2.24, 2.45) is 5.92 Å². The molecule has 1 aromatic rings. The number of ether oxygens (including phenoxy) is 1. The minimum Gasteiger partial charge on any atom is -0.469 e. The van der Waals surface area contributed by atoms with Crippen molar-refractivity contribution in [3.63, 3.8) is 0 Å². The van der Waals surface area contributed by atoms with E-state index in [1.807, 2.05) is 0 Å². The number of carbonyl (C=O) groups excluding carboxylic acids is 1. The van der Waals surface area contributed by atoms with Gasteiger partial charge < -0.3 is 15.4 Å². The molecular weight excluding hydrogens is 235 g/mol. The first kappa shape index (κ1) is 12.7. The van der Waals surface area contributed by atoms with Crippen LogP contribution >= 0.6 is 0 Å². The lowest BCUT2D eigenvalue weighted by Crippen LogP contribution is -2.36. The second-order valence-electron chi connectivity index (χ2n) is 4.49. The molecule has 0 aromatic heterocycles. The van der Waals surface area contributed by atoms with Gasteiger partial charge in [0, 0.05) is 18.8 Å². The maximum Gasteiger partial charge on any atom is 0.308 e. The van der Waals surface area contributed by atoms with Gasteiger partial charge in [-0.1, -0.05) is 0 Å². The number of esters is 1. The molecule has 0 unspecified atom stereocenters. The smallest absolute Gasteiger partial charge is 0.308 e. The first-order chi connectivity index (χ1) is 8.61. The molecule has 1 heterocycles. The van der Waals surface area contributed by atoms with Crippen LogP contribution in [0, 0.1) is 11.7 Å². The van der Waals surface area contributed by atoms with Crippen LogP contribution in [0.5, 0.6) is 0 Å². The number of anilines is 2.